The van der Waals surface area contributed by atoms with Gasteiger partial charge < -0.3 is 9.47 Å². The van der Waals surface area contributed by atoms with E-state index in [1.165, 1.54) is 30.3 Å². The molecule has 0 unspecified atom stereocenters. The summed E-state index contributed by atoms with van der Waals surface area (Å²) in [7, 11) is -8.24. The van der Waals surface area contributed by atoms with Crippen LogP contribution in [0.1, 0.15) is 67.1 Å². The van der Waals surface area contributed by atoms with Gasteiger partial charge in [-0.2, -0.15) is 16.8 Å². The lowest BCUT2D eigenvalue weighted by molar-refractivity contribution is 0.0837. The first-order valence-corrected chi connectivity index (χ1v) is 18.7. The maximum atomic E-state index is 14.1. The van der Waals surface area contributed by atoms with Crippen molar-refractivity contribution in [3.05, 3.63) is 89.0 Å². The molecule has 2 aliphatic rings. The van der Waals surface area contributed by atoms with Gasteiger partial charge in [-0.25, -0.2) is 4.90 Å². The van der Waals surface area contributed by atoms with Crippen LogP contribution in [-0.4, -0.2) is 74.3 Å². The van der Waals surface area contributed by atoms with E-state index in [2.05, 4.69) is 5.32 Å². The number of hydrogen-bond donors (Lipinski definition) is 3. The van der Waals surface area contributed by atoms with Gasteiger partial charge in [0.25, 0.3) is 43.9 Å². The number of benzene rings is 4. The normalized spacial score (nSPS) is 14.2. The molecular formula is C34H30N2O12S2. The Bertz CT molecular complexity index is 2230. The Labute approximate surface area is 286 Å². The molecule has 0 saturated heterocycles. The number of carbonyl (C=O) groups is 4. The first-order valence-electron chi connectivity index (χ1n) is 15.5. The van der Waals surface area contributed by atoms with Gasteiger partial charge >= 0.3 is 0 Å². The van der Waals surface area contributed by atoms with Crippen molar-refractivity contribution >= 4 is 60.3 Å². The minimum Gasteiger partial charge on any atom is -0.494 e. The average Bonchev–Trinajstić information content (AvgIpc) is 3.05. The Morgan fingerprint density at radius 3 is 1.70 bits per heavy atom. The van der Waals surface area contributed by atoms with Gasteiger partial charge in [0.05, 0.1) is 30.4 Å². The Morgan fingerprint density at radius 1 is 0.600 bits per heavy atom. The minimum atomic E-state index is -4.18. The fraction of sp³-hybridized carbons (Fsp3) is 0.235. The van der Waals surface area contributed by atoms with Gasteiger partial charge in [0, 0.05) is 33.0 Å². The van der Waals surface area contributed by atoms with E-state index in [0.717, 1.165) is 4.90 Å². The number of unbranched alkanes of at least 4 members (excludes halogenated alkanes) is 2. The van der Waals surface area contributed by atoms with Crippen molar-refractivity contribution in [3.8, 4) is 22.6 Å². The van der Waals surface area contributed by atoms with E-state index in [9.17, 15) is 36.0 Å². The lowest BCUT2D eigenvalue weighted by atomic mass is 9.86. The number of hydrogen-bond acceptors (Lipinski definition) is 10. The lowest BCUT2D eigenvalue weighted by Gasteiger charge is -2.30. The van der Waals surface area contributed by atoms with Gasteiger partial charge in [0.15, 0.2) is 0 Å². The van der Waals surface area contributed by atoms with Crippen LogP contribution in [0.25, 0.3) is 21.9 Å². The van der Waals surface area contributed by atoms with E-state index in [4.69, 9.17) is 18.6 Å². The summed E-state index contributed by atoms with van der Waals surface area (Å²) in [6.07, 6.45) is 0.907. The van der Waals surface area contributed by atoms with Crippen LogP contribution in [0.2, 0.25) is 0 Å². The third-order valence-corrected chi connectivity index (χ3v) is 9.84. The molecule has 0 radical (unpaired) electrons. The van der Waals surface area contributed by atoms with Crippen LogP contribution in [-0.2, 0) is 20.2 Å². The van der Waals surface area contributed by atoms with Crippen molar-refractivity contribution in [1.82, 2.24) is 5.32 Å². The summed E-state index contributed by atoms with van der Waals surface area (Å²) in [6.45, 7) is 0.177. The largest absolute Gasteiger partial charge is 0.494 e. The second kappa shape index (κ2) is 13.6. The molecule has 0 atom stereocenters. The number of carbonyl (C=O) groups excluding carboxylic acids is 4. The first-order chi connectivity index (χ1) is 23.7. The Morgan fingerprint density at radius 2 is 1.12 bits per heavy atom. The number of ether oxygens (including phenoxy) is 2. The zero-order valence-electron chi connectivity index (χ0n) is 26.2. The highest BCUT2D eigenvalue weighted by molar-refractivity contribution is 7.86. The highest BCUT2D eigenvalue weighted by Crippen LogP contribution is 2.41. The predicted octanol–water partition coefficient (Wildman–Crippen LogP) is 4.28. The van der Waals surface area contributed by atoms with E-state index in [0.29, 0.717) is 23.3 Å². The van der Waals surface area contributed by atoms with E-state index < -0.39 is 49.6 Å². The van der Waals surface area contributed by atoms with E-state index >= 15 is 0 Å². The van der Waals surface area contributed by atoms with Crippen molar-refractivity contribution in [2.24, 2.45) is 0 Å². The topological polar surface area (TPSA) is 211 Å². The summed E-state index contributed by atoms with van der Waals surface area (Å²) >= 11 is 0. The average molecular weight is 723 g/mol. The Balaban J connectivity index is 1.33. The van der Waals surface area contributed by atoms with Crippen molar-refractivity contribution < 1.29 is 54.6 Å². The quantitative estimate of drug-likeness (QED) is 0.0946. The maximum absolute atomic E-state index is 14.1. The predicted molar refractivity (Wildman–Crippen MR) is 181 cm³/mol. The maximum Gasteiger partial charge on any atom is 0.266 e. The second-order valence-electron chi connectivity index (χ2n) is 11.7. The fourth-order valence-corrected chi connectivity index (χ4v) is 7.06. The van der Waals surface area contributed by atoms with Crippen LogP contribution >= 0.6 is 0 Å². The summed E-state index contributed by atoms with van der Waals surface area (Å²) in [5.41, 5.74) is 1.91. The minimum absolute atomic E-state index is 0.0228. The van der Waals surface area contributed by atoms with E-state index in [1.54, 1.807) is 36.4 Å². The second-order valence-corrected chi connectivity index (χ2v) is 14.8. The number of anilines is 1. The molecule has 0 saturated carbocycles. The molecule has 0 bridgehead atoms. The molecule has 260 valence electrons. The van der Waals surface area contributed by atoms with E-state index in [1.807, 2.05) is 0 Å². The number of amides is 4. The zero-order valence-corrected chi connectivity index (χ0v) is 27.9. The molecule has 3 N–H and O–H groups in total. The molecule has 14 nitrogen and oxygen atoms in total. The fourth-order valence-electron chi connectivity index (χ4n) is 5.92. The van der Waals surface area contributed by atoms with Crippen molar-refractivity contribution in [2.45, 2.75) is 25.7 Å². The van der Waals surface area contributed by atoms with Gasteiger partial charge in [0.2, 0.25) is 0 Å². The van der Waals surface area contributed by atoms with Crippen LogP contribution in [0.15, 0.2) is 66.7 Å². The number of nitrogens with one attached hydrogen (secondary N) is 1. The third-order valence-electron chi connectivity index (χ3n) is 8.23. The molecule has 0 fully saturated rings. The van der Waals surface area contributed by atoms with Crippen molar-refractivity contribution in [1.29, 1.82) is 0 Å². The summed E-state index contributed by atoms with van der Waals surface area (Å²) < 4.78 is 74.1. The van der Waals surface area contributed by atoms with Gasteiger partial charge in [-0.3, -0.25) is 33.6 Å². The molecule has 2 heterocycles. The molecule has 50 heavy (non-hydrogen) atoms. The molecule has 0 aliphatic carbocycles. The molecule has 0 spiro atoms. The SMILES string of the molecule is O=C1NC(=O)c2ccc3c4c(ccc1c24)C(=O)N(c1ccc(-c2cccc(OCCCCS(=O)(=O)O)c2)cc1OCCCCS(=O)(=O)O)C3=O. The first kappa shape index (κ1) is 34.7. The number of imide groups is 2. The van der Waals surface area contributed by atoms with Crippen molar-refractivity contribution in [3.63, 3.8) is 0 Å². The summed E-state index contributed by atoms with van der Waals surface area (Å²) in [5.74, 6) is -2.94. The number of nitrogens with zero attached hydrogens (tertiary/aromatic N) is 1. The van der Waals surface area contributed by atoms with Gasteiger partial charge in [0.1, 0.15) is 11.5 Å². The molecule has 4 aromatic rings. The van der Waals surface area contributed by atoms with Gasteiger partial charge in [-0.1, -0.05) is 18.2 Å². The van der Waals surface area contributed by atoms with E-state index in [-0.39, 0.29) is 82.7 Å². The summed E-state index contributed by atoms with van der Waals surface area (Å²) in [4.78, 5) is 54.2. The van der Waals surface area contributed by atoms with Crippen LogP contribution in [0.3, 0.4) is 0 Å². The zero-order chi connectivity index (χ0) is 35.8. The standard InChI is InChI=1S/C34H30N2O12S2/c37-31-23-9-11-25-30-26(12-10-24(29(23)30)32(38)35-31)34(40)36(33(25)39)27-13-8-21(19-28(27)48-15-2-4-17-50(44,45)46)20-6-5-7-22(18-20)47-14-1-3-16-49(41,42)43/h5-13,18-19H,1-4,14-17H2,(H,35,37,38)(H,41,42,43)(H,44,45,46). The molecular weight excluding hydrogens is 693 g/mol. The molecule has 16 heteroatoms. The van der Waals surface area contributed by atoms with Crippen LogP contribution in [0.5, 0.6) is 11.5 Å². The Hall–Kier alpha value is -5.16. The molecule has 4 aromatic carbocycles. The van der Waals surface area contributed by atoms with Gasteiger partial charge in [-0.05, 0) is 85.3 Å². The highest BCUT2D eigenvalue weighted by Gasteiger charge is 2.39. The monoisotopic (exact) mass is 722 g/mol. The summed E-state index contributed by atoms with van der Waals surface area (Å²) in [5, 5.41) is 2.68. The van der Waals surface area contributed by atoms with Crippen LogP contribution in [0.4, 0.5) is 5.69 Å². The molecule has 0 aromatic heterocycles. The van der Waals surface area contributed by atoms with Gasteiger partial charge in [-0.15, -0.1) is 0 Å². The smallest absolute Gasteiger partial charge is 0.266 e. The highest BCUT2D eigenvalue weighted by atomic mass is 32.2. The molecule has 4 amide bonds. The third kappa shape index (κ3) is 7.23. The number of rotatable bonds is 14. The molecule has 2 aliphatic heterocycles. The lowest BCUT2D eigenvalue weighted by Crippen LogP contribution is -2.42. The molecule has 6 rings (SSSR count). The van der Waals surface area contributed by atoms with Crippen LogP contribution in [0, 0.1) is 0 Å². The Kier molecular flexibility index (Phi) is 9.46. The van der Waals surface area contributed by atoms with Crippen LogP contribution < -0.4 is 19.7 Å². The van der Waals surface area contributed by atoms with Crippen molar-refractivity contribution in [2.75, 3.05) is 29.6 Å². The summed E-state index contributed by atoms with van der Waals surface area (Å²) in [6, 6.07) is 17.5.